The molecule has 0 saturated carbocycles. The number of aromatic nitrogens is 2. The average Bonchev–Trinajstić information content (AvgIpc) is 3.33. The number of hydrogen-bond donors (Lipinski definition) is 1. The summed E-state index contributed by atoms with van der Waals surface area (Å²) in [5.74, 6) is 1.04. The van der Waals surface area contributed by atoms with Crippen LogP contribution < -0.4 is 14.8 Å². The molecular formula is C26H25N3O3. The van der Waals surface area contributed by atoms with E-state index in [4.69, 9.17) is 9.47 Å². The number of benzene rings is 3. The summed E-state index contributed by atoms with van der Waals surface area (Å²) in [5.41, 5.74) is 3.40. The zero-order valence-corrected chi connectivity index (χ0v) is 17.9. The molecule has 1 heterocycles. The smallest absolute Gasteiger partial charge is 0.255 e. The van der Waals surface area contributed by atoms with Crippen LogP contribution in [0.25, 0.3) is 0 Å². The third-order valence-electron chi connectivity index (χ3n) is 4.89. The lowest BCUT2D eigenvalue weighted by atomic mass is 10.1. The number of nitrogens with one attached hydrogen (secondary N) is 1. The van der Waals surface area contributed by atoms with Gasteiger partial charge in [0.15, 0.2) is 0 Å². The maximum Gasteiger partial charge on any atom is 0.255 e. The van der Waals surface area contributed by atoms with Crippen LogP contribution in [0, 0.1) is 6.92 Å². The van der Waals surface area contributed by atoms with E-state index in [9.17, 15) is 4.79 Å². The van der Waals surface area contributed by atoms with Gasteiger partial charge in [0.25, 0.3) is 5.91 Å². The maximum absolute atomic E-state index is 12.9. The van der Waals surface area contributed by atoms with Crippen LogP contribution >= 0.6 is 0 Å². The number of para-hydroxylation sites is 2. The molecule has 0 aliphatic rings. The predicted octanol–water partition coefficient (Wildman–Crippen LogP) is 5.10. The second kappa shape index (κ2) is 10.3. The van der Waals surface area contributed by atoms with E-state index >= 15 is 0 Å². The monoisotopic (exact) mass is 427 g/mol. The SMILES string of the molecule is Cc1cccc(COc2cccc(C(=O)Nc3ccccc3OCCn3ccnc3)c2)c1. The van der Waals surface area contributed by atoms with Crippen molar-refractivity contribution in [2.75, 3.05) is 11.9 Å². The molecule has 0 unspecified atom stereocenters. The summed E-state index contributed by atoms with van der Waals surface area (Å²) in [6.07, 6.45) is 5.35. The van der Waals surface area contributed by atoms with Gasteiger partial charge in [-0.05, 0) is 42.8 Å². The Kier molecular flexibility index (Phi) is 6.82. The summed E-state index contributed by atoms with van der Waals surface area (Å²) in [4.78, 5) is 16.9. The van der Waals surface area contributed by atoms with E-state index in [1.807, 2.05) is 72.3 Å². The summed E-state index contributed by atoms with van der Waals surface area (Å²) in [7, 11) is 0. The highest BCUT2D eigenvalue weighted by atomic mass is 16.5. The Morgan fingerprint density at radius 3 is 2.72 bits per heavy atom. The number of ether oxygens (including phenoxy) is 2. The summed E-state index contributed by atoms with van der Waals surface area (Å²) in [6.45, 7) is 3.63. The zero-order chi connectivity index (χ0) is 22.2. The molecule has 32 heavy (non-hydrogen) atoms. The van der Waals surface area contributed by atoms with Gasteiger partial charge < -0.3 is 19.4 Å². The number of anilines is 1. The maximum atomic E-state index is 12.9. The first-order chi connectivity index (χ1) is 15.7. The molecule has 162 valence electrons. The van der Waals surface area contributed by atoms with Crippen molar-refractivity contribution in [2.24, 2.45) is 0 Å². The normalized spacial score (nSPS) is 10.5. The Labute approximate surface area is 187 Å². The molecule has 0 spiro atoms. The van der Waals surface area contributed by atoms with Gasteiger partial charge in [-0.3, -0.25) is 4.79 Å². The molecule has 0 saturated heterocycles. The van der Waals surface area contributed by atoms with E-state index < -0.39 is 0 Å². The first-order valence-corrected chi connectivity index (χ1v) is 10.4. The lowest BCUT2D eigenvalue weighted by Crippen LogP contribution is -2.14. The lowest BCUT2D eigenvalue weighted by Gasteiger charge is -2.13. The minimum atomic E-state index is -0.225. The van der Waals surface area contributed by atoms with Gasteiger partial charge in [0.2, 0.25) is 0 Å². The molecule has 0 bridgehead atoms. The van der Waals surface area contributed by atoms with Crippen molar-refractivity contribution < 1.29 is 14.3 Å². The highest BCUT2D eigenvalue weighted by molar-refractivity contribution is 6.05. The first-order valence-electron chi connectivity index (χ1n) is 10.4. The standard InChI is InChI=1S/C26H25N3O3/c1-20-6-4-7-21(16-20)18-32-23-9-5-8-22(17-23)26(30)28-24-10-2-3-11-25(24)31-15-14-29-13-12-27-19-29/h2-13,16-17,19H,14-15,18H2,1H3,(H,28,30). The Balaban J connectivity index is 1.38. The fourth-order valence-electron chi connectivity index (χ4n) is 3.27. The van der Waals surface area contributed by atoms with Crippen LogP contribution in [-0.2, 0) is 13.2 Å². The number of carbonyl (C=O) groups excluding carboxylic acids is 1. The molecule has 6 nitrogen and oxygen atoms in total. The van der Waals surface area contributed by atoms with Crippen molar-refractivity contribution in [2.45, 2.75) is 20.1 Å². The summed E-state index contributed by atoms with van der Waals surface area (Å²) < 4.78 is 13.7. The number of rotatable bonds is 9. The van der Waals surface area contributed by atoms with Crippen LogP contribution in [0.5, 0.6) is 11.5 Å². The van der Waals surface area contributed by atoms with Crippen molar-refractivity contribution >= 4 is 11.6 Å². The van der Waals surface area contributed by atoms with Crippen LogP contribution in [0.2, 0.25) is 0 Å². The number of nitrogens with zero attached hydrogens (tertiary/aromatic N) is 2. The summed E-state index contributed by atoms with van der Waals surface area (Å²) in [6, 6.07) is 22.7. The van der Waals surface area contributed by atoms with Gasteiger partial charge in [0.1, 0.15) is 24.7 Å². The van der Waals surface area contributed by atoms with Crippen LogP contribution in [0.1, 0.15) is 21.5 Å². The number of amides is 1. The van der Waals surface area contributed by atoms with Crippen LogP contribution in [0.3, 0.4) is 0 Å². The Hall–Kier alpha value is -4.06. The third-order valence-corrected chi connectivity index (χ3v) is 4.89. The predicted molar refractivity (Wildman–Crippen MR) is 124 cm³/mol. The largest absolute Gasteiger partial charge is 0.490 e. The molecule has 1 amide bonds. The molecule has 0 atom stereocenters. The van der Waals surface area contributed by atoms with E-state index in [1.54, 1.807) is 24.7 Å². The van der Waals surface area contributed by atoms with E-state index in [0.29, 0.717) is 42.5 Å². The number of imidazole rings is 1. The third kappa shape index (κ3) is 5.76. The van der Waals surface area contributed by atoms with Gasteiger partial charge in [-0.1, -0.05) is 48.0 Å². The number of hydrogen-bond acceptors (Lipinski definition) is 4. The van der Waals surface area contributed by atoms with E-state index in [2.05, 4.69) is 16.4 Å². The Bertz CT molecular complexity index is 1170. The van der Waals surface area contributed by atoms with Gasteiger partial charge in [-0.25, -0.2) is 4.98 Å². The highest BCUT2D eigenvalue weighted by Gasteiger charge is 2.11. The molecule has 4 rings (SSSR count). The van der Waals surface area contributed by atoms with E-state index in [-0.39, 0.29) is 5.91 Å². The second-order valence-corrected chi connectivity index (χ2v) is 7.40. The average molecular weight is 428 g/mol. The summed E-state index contributed by atoms with van der Waals surface area (Å²) >= 11 is 0. The van der Waals surface area contributed by atoms with Crippen LogP contribution in [0.15, 0.2) is 91.5 Å². The fraction of sp³-hybridized carbons (Fsp3) is 0.154. The van der Waals surface area contributed by atoms with E-state index in [1.165, 1.54) is 5.56 Å². The fourth-order valence-corrected chi connectivity index (χ4v) is 3.27. The molecule has 0 radical (unpaired) electrons. The zero-order valence-electron chi connectivity index (χ0n) is 17.9. The van der Waals surface area contributed by atoms with Crippen molar-refractivity contribution in [3.05, 3.63) is 108 Å². The molecule has 3 aromatic carbocycles. The van der Waals surface area contributed by atoms with E-state index in [0.717, 1.165) is 5.56 Å². The van der Waals surface area contributed by atoms with Crippen LogP contribution in [-0.4, -0.2) is 22.1 Å². The van der Waals surface area contributed by atoms with Crippen molar-refractivity contribution in [3.63, 3.8) is 0 Å². The number of carbonyl (C=O) groups is 1. The number of aryl methyl sites for hydroxylation is 1. The molecule has 0 aliphatic heterocycles. The molecule has 1 N–H and O–H groups in total. The first kappa shape index (κ1) is 21.2. The van der Waals surface area contributed by atoms with Crippen molar-refractivity contribution in [3.8, 4) is 11.5 Å². The molecule has 0 fully saturated rings. The van der Waals surface area contributed by atoms with Crippen molar-refractivity contribution in [1.82, 2.24) is 9.55 Å². The van der Waals surface area contributed by atoms with Gasteiger partial charge >= 0.3 is 0 Å². The summed E-state index contributed by atoms with van der Waals surface area (Å²) in [5, 5.41) is 2.94. The lowest BCUT2D eigenvalue weighted by molar-refractivity contribution is 0.102. The quantitative estimate of drug-likeness (QED) is 0.404. The molecular weight excluding hydrogens is 402 g/mol. The molecule has 0 aliphatic carbocycles. The topological polar surface area (TPSA) is 65.4 Å². The Morgan fingerprint density at radius 1 is 1.00 bits per heavy atom. The highest BCUT2D eigenvalue weighted by Crippen LogP contribution is 2.25. The van der Waals surface area contributed by atoms with Gasteiger partial charge in [0, 0.05) is 18.0 Å². The minimum absolute atomic E-state index is 0.225. The van der Waals surface area contributed by atoms with Gasteiger partial charge in [0.05, 0.1) is 18.6 Å². The molecule has 4 aromatic rings. The van der Waals surface area contributed by atoms with Crippen LogP contribution in [0.4, 0.5) is 5.69 Å². The Morgan fingerprint density at radius 2 is 1.88 bits per heavy atom. The molecule has 1 aromatic heterocycles. The minimum Gasteiger partial charge on any atom is -0.490 e. The van der Waals surface area contributed by atoms with Crippen molar-refractivity contribution in [1.29, 1.82) is 0 Å². The second-order valence-electron chi connectivity index (χ2n) is 7.40. The molecule has 6 heteroatoms. The van der Waals surface area contributed by atoms with Gasteiger partial charge in [-0.15, -0.1) is 0 Å². The van der Waals surface area contributed by atoms with Gasteiger partial charge in [-0.2, -0.15) is 0 Å².